The van der Waals surface area contributed by atoms with E-state index >= 15 is 0 Å². The molecule has 2 N–H and O–H groups in total. The second kappa shape index (κ2) is 11.2. The molecular weight excluding hydrogens is 430 g/mol. The monoisotopic (exact) mass is 465 g/mol. The predicted octanol–water partition coefficient (Wildman–Crippen LogP) is 4.40. The van der Waals surface area contributed by atoms with Crippen LogP contribution in [-0.4, -0.2) is 53.8 Å². The fourth-order valence-corrected chi connectivity index (χ4v) is 4.46. The maximum atomic E-state index is 13.5. The van der Waals surface area contributed by atoms with Gasteiger partial charge in [-0.1, -0.05) is 19.8 Å². The average molecular weight is 466 g/mol. The van der Waals surface area contributed by atoms with E-state index in [9.17, 15) is 4.79 Å². The second-order valence-corrected chi connectivity index (χ2v) is 8.61. The van der Waals surface area contributed by atoms with Gasteiger partial charge in [0, 0.05) is 62.3 Å². The molecule has 1 saturated heterocycles. The first-order valence-corrected chi connectivity index (χ1v) is 12.2. The van der Waals surface area contributed by atoms with E-state index in [0.717, 1.165) is 61.1 Å². The van der Waals surface area contributed by atoms with Crippen molar-refractivity contribution in [3.8, 4) is 11.5 Å². The fourth-order valence-electron chi connectivity index (χ4n) is 4.46. The Balaban J connectivity index is 1.52. The molecule has 1 aliphatic rings. The number of hydrogen-bond acceptors (Lipinski definition) is 5. The van der Waals surface area contributed by atoms with Crippen LogP contribution in [0.25, 0.3) is 11.0 Å². The van der Waals surface area contributed by atoms with Crippen molar-refractivity contribution in [1.29, 1.82) is 0 Å². The summed E-state index contributed by atoms with van der Waals surface area (Å²) in [5.41, 5.74) is 8.56. The van der Waals surface area contributed by atoms with Gasteiger partial charge in [0.2, 0.25) is 0 Å². The Hall–Kier alpha value is -3.26. The molecule has 3 aromatic rings. The molecule has 0 saturated carbocycles. The molecule has 0 atom stereocenters. The first-order valence-electron chi connectivity index (χ1n) is 12.2. The maximum Gasteiger partial charge on any atom is 0.324 e. The SMILES string of the molecule is CCCCCOc1cc(N2CCCN(Cc3ccnc4c3ccn4CCN)C2=O)ccc1OC. The Labute approximate surface area is 201 Å². The number of ether oxygens (including phenoxy) is 2. The summed E-state index contributed by atoms with van der Waals surface area (Å²) in [5.74, 6) is 1.36. The number of carbonyl (C=O) groups is 1. The number of nitrogens with two attached hydrogens (primary N) is 1. The number of amides is 2. The van der Waals surface area contributed by atoms with Crippen molar-refractivity contribution < 1.29 is 14.3 Å². The standard InChI is InChI=1S/C26H35N5O3/c1-3-4-5-17-34-24-18-21(7-8-23(24)33-2)31-14-6-13-30(26(31)32)19-20-9-12-28-25-22(20)10-15-29(25)16-11-27/h7-10,12,15,18H,3-6,11,13-14,16-17,19,27H2,1-2H3. The van der Waals surface area contributed by atoms with Gasteiger partial charge in [0.1, 0.15) is 5.65 Å². The van der Waals surface area contributed by atoms with Crippen LogP contribution >= 0.6 is 0 Å². The largest absolute Gasteiger partial charge is 0.493 e. The van der Waals surface area contributed by atoms with Crippen molar-refractivity contribution >= 4 is 22.8 Å². The zero-order chi connectivity index (χ0) is 23.9. The Morgan fingerprint density at radius 2 is 2.00 bits per heavy atom. The minimum atomic E-state index is -0.000275. The zero-order valence-electron chi connectivity index (χ0n) is 20.2. The van der Waals surface area contributed by atoms with Gasteiger partial charge in [-0.25, -0.2) is 9.78 Å². The lowest BCUT2D eigenvalue weighted by Gasteiger charge is -2.36. The number of fused-ring (bicyclic) bond motifs is 1. The van der Waals surface area contributed by atoms with Crippen LogP contribution in [0, 0.1) is 0 Å². The molecule has 0 bridgehead atoms. The number of nitrogens with zero attached hydrogens (tertiary/aromatic N) is 4. The van der Waals surface area contributed by atoms with E-state index in [1.165, 1.54) is 0 Å². The van der Waals surface area contributed by atoms with Gasteiger partial charge in [-0.3, -0.25) is 4.90 Å². The van der Waals surface area contributed by atoms with Gasteiger partial charge in [-0.2, -0.15) is 0 Å². The Bertz CT molecular complexity index is 1110. The van der Waals surface area contributed by atoms with Crippen molar-refractivity contribution in [2.75, 3.05) is 38.3 Å². The molecule has 3 heterocycles. The van der Waals surface area contributed by atoms with E-state index in [2.05, 4.69) is 22.5 Å². The minimum absolute atomic E-state index is 0.000275. The molecular formula is C26H35N5O3. The van der Waals surface area contributed by atoms with Gasteiger partial charge in [0.15, 0.2) is 11.5 Å². The van der Waals surface area contributed by atoms with Gasteiger partial charge in [-0.15, -0.1) is 0 Å². The lowest BCUT2D eigenvalue weighted by atomic mass is 10.1. The second-order valence-electron chi connectivity index (χ2n) is 8.61. The van der Waals surface area contributed by atoms with Crippen molar-refractivity contribution in [2.24, 2.45) is 5.73 Å². The number of pyridine rings is 1. The molecule has 0 aliphatic carbocycles. The molecule has 0 radical (unpaired) electrons. The van der Waals surface area contributed by atoms with Gasteiger partial charge in [0.25, 0.3) is 0 Å². The highest BCUT2D eigenvalue weighted by molar-refractivity contribution is 5.93. The third-order valence-corrected chi connectivity index (χ3v) is 6.26. The Morgan fingerprint density at radius 1 is 1.12 bits per heavy atom. The van der Waals surface area contributed by atoms with Gasteiger partial charge in [0.05, 0.1) is 13.7 Å². The maximum absolute atomic E-state index is 13.5. The van der Waals surface area contributed by atoms with E-state index < -0.39 is 0 Å². The third-order valence-electron chi connectivity index (χ3n) is 6.26. The normalized spacial score (nSPS) is 14.1. The summed E-state index contributed by atoms with van der Waals surface area (Å²) in [4.78, 5) is 21.7. The Morgan fingerprint density at radius 3 is 2.79 bits per heavy atom. The first kappa shape index (κ1) is 23.9. The predicted molar refractivity (Wildman–Crippen MR) is 135 cm³/mol. The summed E-state index contributed by atoms with van der Waals surface area (Å²) >= 11 is 0. The number of anilines is 1. The molecule has 0 unspecified atom stereocenters. The van der Waals surface area contributed by atoms with Crippen LogP contribution < -0.4 is 20.1 Å². The van der Waals surface area contributed by atoms with E-state index in [0.29, 0.717) is 37.7 Å². The Kier molecular flexibility index (Phi) is 7.90. The zero-order valence-corrected chi connectivity index (χ0v) is 20.2. The number of methoxy groups -OCH3 is 1. The minimum Gasteiger partial charge on any atom is -0.493 e. The molecule has 1 aromatic carbocycles. The smallest absolute Gasteiger partial charge is 0.324 e. The number of aromatic nitrogens is 2. The van der Waals surface area contributed by atoms with Crippen LogP contribution in [0.15, 0.2) is 42.7 Å². The highest BCUT2D eigenvalue weighted by Crippen LogP contribution is 2.33. The van der Waals surface area contributed by atoms with Crippen molar-refractivity contribution in [3.63, 3.8) is 0 Å². The number of benzene rings is 1. The summed E-state index contributed by atoms with van der Waals surface area (Å²) in [6.45, 7) is 6.02. The number of rotatable bonds is 11. The molecule has 8 nitrogen and oxygen atoms in total. The highest BCUT2D eigenvalue weighted by atomic mass is 16.5. The van der Waals surface area contributed by atoms with Crippen LogP contribution in [0.5, 0.6) is 11.5 Å². The summed E-state index contributed by atoms with van der Waals surface area (Å²) in [6.07, 6.45) is 7.97. The molecule has 1 fully saturated rings. The van der Waals surface area contributed by atoms with Gasteiger partial charge in [-0.05, 0) is 42.7 Å². The topological polar surface area (TPSA) is 85.9 Å². The summed E-state index contributed by atoms with van der Waals surface area (Å²) in [6, 6.07) is 9.78. The van der Waals surface area contributed by atoms with Crippen molar-refractivity contribution in [1.82, 2.24) is 14.5 Å². The molecule has 0 spiro atoms. The number of hydrogen-bond donors (Lipinski definition) is 1. The average Bonchev–Trinajstić information content (AvgIpc) is 3.27. The van der Waals surface area contributed by atoms with E-state index in [4.69, 9.17) is 15.2 Å². The number of carbonyl (C=O) groups excluding carboxylic acids is 1. The third kappa shape index (κ3) is 5.12. The molecule has 8 heteroatoms. The summed E-state index contributed by atoms with van der Waals surface area (Å²) < 4.78 is 13.5. The van der Waals surface area contributed by atoms with Gasteiger partial charge >= 0.3 is 6.03 Å². The molecule has 182 valence electrons. The van der Waals surface area contributed by atoms with Crippen LogP contribution in [0.2, 0.25) is 0 Å². The molecule has 2 aromatic heterocycles. The summed E-state index contributed by atoms with van der Waals surface area (Å²) in [7, 11) is 1.64. The lowest BCUT2D eigenvalue weighted by molar-refractivity contribution is 0.192. The summed E-state index contributed by atoms with van der Waals surface area (Å²) in [5, 5.41) is 1.06. The van der Waals surface area contributed by atoms with E-state index in [-0.39, 0.29) is 6.03 Å². The molecule has 4 rings (SSSR count). The quantitative estimate of drug-likeness (QED) is 0.424. The van der Waals surface area contributed by atoms with E-state index in [1.54, 1.807) is 7.11 Å². The van der Waals surface area contributed by atoms with Crippen LogP contribution in [0.3, 0.4) is 0 Å². The van der Waals surface area contributed by atoms with Crippen LogP contribution in [-0.2, 0) is 13.1 Å². The van der Waals surface area contributed by atoms with E-state index in [1.807, 2.05) is 46.5 Å². The molecule has 34 heavy (non-hydrogen) atoms. The van der Waals surface area contributed by atoms with Crippen LogP contribution in [0.1, 0.15) is 38.2 Å². The van der Waals surface area contributed by atoms with Crippen LogP contribution in [0.4, 0.5) is 10.5 Å². The number of unbranched alkanes of at least 4 members (excludes halogenated alkanes) is 2. The first-order chi connectivity index (χ1) is 16.7. The molecule has 2 amide bonds. The lowest BCUT2D eigenvalue weighted by Crippen LogP contribution is -2.49. The van der Waals surface area contributed by atoms with Crippen molar-refractivity contribution in [3.05, 3.63) is 48.3 Å². The van der Waals surface area contributed by atoms with Crippen molar-refractivity contribution in [2.45, 2.75) is 45.7 Å². The number of urea groups is 1. The highest BCUT2D eigenvalue weighted by Gasteiger charge is 2.28. The molecule has 1 aliphatic heterocycles. The van der Waals surface area contributed by atoms with Gasteiger partial charge < -0.3 is 24.7 Å². The fraction of sp³-hybridized carbons (Fsp3) is 0.462.